The molecule has 30 heavy (non-hydrogen) atoms. The normalized spacial score (nSPS) is 16.1. The van der Waals surface area contributed by atoms with E-state index < -0.39 is 12.0 Å². The van der Waals surface area contributed by atoms with Crippen LogP contribution in [0.5, 0.6) is 5.75 Å². The number of carbonyl (C=O) groups excluding carboxylic acids is 1. The summed E-state index contributed by atoms with van der Waals surface area (Å²) in [7, 11) is 2.90. The number of thiazole rings is 1. The highest BCUT2D eigenvalue weighted by Gasteiger charge is 2.33. The zero-order valence-electron chi connectivity index (χ0n) is 16.8. The average molecular weight is 420 g/mol. The SMILES string of the molecule is COC(=O)C1=C(C)N=c2sc(=Cc3ccccc3)c(=O)n2[C@H]1c1cccc(OC)c1. The van der Waals surface area contributed by atoms with Crippen LogP contribution in [0.25, 0.3) is 6.08 Å². The smallest absolute Gasteiger partial charge is 0.338 e. The fourth-order valence-corrected chi connectivity index (χ4v) is 4.57. The molecule has 0 saturated carbocycles. The van der Waals surface area contributed by atoms with Crippen molar-refractivity contribution in [1.29, 1.82) is 0 Å². The van der Waals surface area contributed by atoms with E-state index in [2.05, 4.69) is 4.99 Å². The van der Waals surface area contributed by atoms with Gasteiger partial charge in [0, 0.05) is 0 Å². The Labute approximate surface area is 177 Å². The van der Waals surface area contributed by atoms with Crippen LogP contribution in [0, 0.1) is 0 Å². The summed E-state index contributed by atoms with van der Waals surface area (Å²) in [6, 6.07) is 16.3. The fourth-order valence-electron chi connectivity index (χ4n) is 3.52. The Morgan fingerprint density at radius 2 is 1.90 bits per heavy atom. The van der Waals surface area contributed by atoms with E-state index in [1.807, 2.05) is 60.7 Å². The van der Waals surface area contributed by atoms with Crippen LogP contribution in [-0.4, -0.2) is 24.8 Å². The highest BCUT2D eigenvalue weighted by Crippen LogP contribution is 2.32. The third-order valence-corrected chi connectivity index (χ3v) is 5.92. The van der Waals surface area contributed by atoms with E-state index in [9.17, 15) is 9.59 Å². The molecule has 0 spiro atoms. The molecule has 6 nitrogen and oxygen atoms in total. The Bertz CT molecular complexity index is 1320. The number of carbonyl (C=O) groups is 1. The minimum Gasteiger partial charge on any atom is -0.497 e. The first-order valence-electron chi connectivity index (χ1n) is 9.33. The molecule has 0 N–H and O–H groups in total. The van der Waals surface area contributed by atoms with E-state index in [4.69, 9.17) is 9.47 Å². The van der Waals surface area contributed by atoms with Gasteiger partial charge in [0.1, 0.15) is 5.75 Å². The molecule has 1 aliphatic heterocycles. The standard InChI is InChI=1S/C23H20N2O4S/c1-14-19(22(27)29-3)20(16-10-7-11-17(13-16)28-2)25-21(26)18(30-23(25)24-14)12-15-8-5-4-6-9-15/h4-13,20H,1-3H3/t20-/m0/s1. The molecule has 0 saturated heterocycles. The van der Waals surface area contributed by atoms with Crippen molar-refractivity contribution in [3.63, 3.8) is 0 Å². The molecule has 2 aromatic carbocycles. The van der Waals surface area contributed by atoms with Gasteiger partial charge in [-0.3, -0.25) is 9.36 Å². The van der Waals surface area contributed by atoms with Gasteiger partial charge in [0.05, 0.1) is 36.1 Å². The van der Waals surface area contributed by atoms with E-state index >= 15 is 0 Å². The predicted octanol–water partition coefficient (Wildman–Crippen LogP) is 2.42. The fraction of sp³-hybridized carbons (Fsp3) is 0.174. The number of allylic oxidation sites excluding steroid dienone is 1. The van der Waals surface area contributed by atoms with Crippen molar-refractivity contribution >= 4 is 23.4 Å². The first kappa shape index (κ1) is 19.8. The summed E-state index contributed by atoms with van der Waals surface area (Å²) < 4.78 is 12.5. The van der Waals surface area contributed by atoms with Gasteiger partial charge in [0.25, 0.3) is 5.56 Å². The average Bonchev–Trinajstić information content (AvgIpc) is 3.07. The van der Waals surface area contributed by atoms with Crippen molar-refractivity contribution in [1.82, 2.24) is 4.57 Å². The van der Waals surface area contributed by atoms with Crippen LogP contribution < -0.4 is 19.6 Å². The van der Waals surface area contributed by atoms with E-state index in [-0.39, 0.29) is 5.56 Å². The zero-order valence-corrected chi connectivity index (χ0v) is 17.6. The van der Waals surface area contributed by atoms with Crippen LogP contribution >= 0.6 is 11.3 Å². The molecule has 7 heteroatoms. The van der Waals surface area contributed by atoms with Crippen molar-refractivity contribution in [3.05, 3.63) is 96.7 Å². The number of methoxy groups -OCH3 is 2. The molecule has 1 aliphatic rings. The van der Waals surface area contributed by atoms with Gasteiger partial charge in [-0.15, -0.1) is 0 Å². The predicted molar refractivity (Wildman–Crippen MR) is 115 cm³/mol. The minimum atomic E-state index is -0.651. The third kappa shape index (κ3) is 3.48. The van der Waals surface area contributed by atoms with E-state index in [0.29, 0.717) is 26.4 Å². The molecule has 0 unspecified atom stereocenters. The summed E-state index contributed by atoms with van der Waals surface area (Å²) in [6.07, 6.45) is 1.84. The lowest BCUT2D eigenvalue weighted by molar-refractivity contribution is -0.136. The van der Waals surface area contributed by atoms with Crippen molar-refractivity contribution in [2.45, 2.75) is 13.0 Å². The van der Waals surface area contributed by atoms with E-state index in [0.717, 1.165) is 11.1 Å². The number of benzene rings is 2. The second-order valence-corrected chi connectivity index (χ2v) is 7.77. The van der Waals surface area contributed by atoms with Crippen molar-refractivity contribution < 1.29 is 14.3 Å². The van der Waals surface area contributed by atoms with Gasteiger partial charge >= 0.3 is 5.97 Å². The van der Waals surface area contributed by atoms with E-state index in [1.54, 1.807) is 18.6 Å². The summed E-state index contributed by atoms with van der Waals surface area (Å²) in [5, 5.41) is 0. The maximum absolute atomic E-state index is 13.4. The van der Waals surface area contributed by atoms with Crippen molar-refractivity contribution in [2.24, 2.45) is 4.99 Å². The number of hydrogen-bond donors (Lipinski definition) is 0. The zero-order chi connectivity index (χ0) is 21.3. The molecule has 2 heterocycles. The minimum absolute atomic E-state index is 0.204. The molecule has 0 bridgehead atoms. The van der Waals surface area contributed by atoms with Crippen molar-refractivity contribution in [2.75, 3.05) is 14.2 Å². The number of esters is 1. The largest absolute Gasteiger partial charge is 0.497 e. The lowest BCUT2D eigenvalue weighted by Gasteiger charge is -2.24. The van der Waals surface area contributed by atoms with Crippen molar-refractivity contribution in [3.8, 4) is 5.75 Å². The first-order valence-corrected chi connectivity index (χ1v) is 10.1. The second-order valence-electron chi connectivity index (χ2n) is 6.76. The summed E-state index contributed by atoms with van der Waals surface area (Å²) in [6.45, 7) is 1.76. The number of hydrogen-bond acceptors (Lipinski definition) is 6. The summed E-state index contributed by atoms with van der Waals surface area (Å²) in [4.78, 5) is 31.1. The highest BCUT2D eigenvalue weighted by atomic mass is 32.1. The van der Waals surface area contributed by atoms with Crippen LogP contribution in [0.1, 0.15) is 24.1 Å². The maximum Gasteiger partial charge on any atom is 0.338 e. The van der Waals surface area contributed by atoms with Crippen LogP contribution in [-0.2, 0) is 9.53 Å². The van der Waals surface area contributed by atoms with Gasteiger partial charge in [0.2, 0.25) is 0 Å². The Hall–Kier alpha value is -3.45. The molecular weight excluding hydrogens is 400 g/mol. The third-order valence-electron chi connectivity index (χ3n) is 4.93. The topological polar surface area (TPSA) is 69.9 Å². The quantitative estimate of drug-likeness (QED) is 0.608. The van der Waals surface area contributed by atoms with Gasteiger partial charge in [-0.25, -0.2) is 9.79 Å². The lowest BCUT2D eigenvalue weighted by Crippen LogP contribution is -2.39. The molecule has 152 valence electrons. The van der Waals surface area contributed by atoms with Gasteiger partial charge < -0.3 is 9.47 Å². The molecule has 0 amide bonds. The lowest BCUT2D eigenvalue weighted by atomic mass is 9.96. The summed E-state index contributed by atoms with van der Waals surface area (Å²) >= 11 is 1.30. The van der Waals surface area contributed by atoms with Gasteiger partial charge in [-0.05, 0) is 36.3 Å². The maximum atomic E-state index is 13.4. The Kier molecular flexibility index (Phi) is 5.37. The second kappa shape index (κ2) is 8.12. The molecule has 3 aromatic rings. The number of ether oxygens (including phenoxy) is 2. The van der Waals surface area contributed by atoms with Crippen LogP contribution in [0.15, 0.2) is 75.7 Å². The number of aromatic nitrogens is 1. The molecule has 0 aliphatic carbocycles. The molecular formula is C23H20N2O4S. The first-order chi connectivity index (χ1) is 14.5. The van der Waals surface area contributed by atoms with Gasteiger partial charge in [0.15, 0.2) is 4.80 Å². The van der Waals surface area contributed by atoms with Crippen LogP contribution in [0.3, 0.4) is 0 Å². The highest BCUT2D eigenvalue weighted by molar-refractivity contribution is 7.07. The van der Waals surface area contributed by atoms with E-state index in [1.165, 1.54) is 18.4 Å². The summed E-state index contributed by atoms with van der Waals surface area (Å²) in [5.74, 6) is 0.124. The van der Waals surface area contributed by atoms with Crippen LogP contribution in [0.2, 0.25) is 0 Å². The van der Waals surface area contributed by atoms with Gasteiger partial charge in [-0.2, -0.15) is 0 Å². The molecule has 1 atom stereocenters. The monoisotopic (exact) mass is 420 g/mol. The molecule has 4 rings (SSSR count). The number of rotatable bonds is 4. The number of fused-ring (bicyclic) bond motifs is 1. The summed E-state index contributed by atoms with van der Waals surface area (Å²) in [5.41, 5.74) is 2.33. The molecule has 0 fully saturated rings. The Morgan fingerprint density at radius 1 is 1.13 bits per heavy atom. The molecule has 1 aromatic heterocycles. The van der Waals surface area contributed by atoms with Gasteiger partial charge in [-0.1, -0.05) is 53.8 Å². The Balaban J connectivity index is 1.99. The number of nitrogens with zero attached hydrogens (tertiary/aromatic N) is 2. The Morgan fingerprint density at radius 3 is 2.60 bits per heavy atom. The van der Waals surface area contributed by atoms with Crippen LogP contribution in [0.4, 0.5) is 0 Å². The molecule has 0 radical (unpaired) electrons.